The molecule has 5 N–H and O–H groups in total. The number of nitrogens with zero attached hydrogens (tertiary/aromatic N) is 4. The van der Waals surface area contributed by atoms with Gasteiger partial charge in [0, 0.05) is 13.2 Å². The molecule has 45 heavy (non-hydrogen) atoms. The van der Waals surface area contributed by atoms with E-state index in [1.165, 1.54) is 107 Å². The predicted octanol–water partition coefficient (Wildman–Crippen LogP) is 5.98. The van der Waals surface area contributed by atoms with Crippen molar-refractivity contribution >= 4 is 19.2 Å². The second kappa shape index (κ2) is 23.1. The van der Waals surface area contributed by atoms with Crippen LogP contribution in [-0.4, -0.2) is 68.3 Å². The van der Waals surface area contributed by atoms with E-state index < -0.39 is 32.7 Å². The van der Waals surface area contributed by atoms with E-state index in [1.54, 1.807) is 6.07 Å². The van der Waals surface area contributed by atoms with Gasteiger partial charge in [0.2, 0.25) is 0 Å². The van der Waals surface area contributed by atoms with Gasteiger partial charge in [0.15, 0.2) is 11.9 Å². The Bertz CT molecular complexity index is 1150. The van der Waals surface area contributed by atoms with Crippen molar-refractivity contribution in [2.24, 2.45) is 0 Å². The number of phosphoric acid groups is 1. The average molecular weight is 656 g/mol. The quantitative estimate of drug-likeness (QED) is 0.0476. The van der Waals surface area contributed by atoms with Crippen molar-refractivity contribution in [2.75, 3.05) is 32.2 Å². The molecule has 256 valence electrons. The second-order valence-electron chi connectivity index (χ2n) is 11.4. The maximum Gasteiger partial charge on any atom is 0.472 e. The summed E-state index contributed by atoms with van der Waals surface area (Å²) in [6.07, 6.45) is 17.3. The van der Waals surface area contributed by atoms with E-state index >= 15 is 0 Å². The monoisotopic (exact) mass is 655 g/mol. The molecule has 0 amide bonds. The number of aliphatic hydroxyl groups excluding tert-OH is 2. The van der Waals surface area contributed by atoms with Crippen LogP contribution in [0.15, 0.2) is 18.5 Å². The Labute approximate surface area is 267 Å². The van der Waals surface area contributed by atoms with Crippen LogP contribution >= 0.6 is 7.82 Å². The zero-order valence-electron chi connectivity index (χ0n) is 26.8. The summed E-state index contributed by atoms with van der Waals surface area (Å²) >= 11 is 0. The molecule has 0 aliphatic carbocycles. The molecule has 0 aliphatic heterocycles. The molecule has 2 aromatic heterocycles. The fourth-order valence-electron chi connectivity index (χ4n) is 5.04. The van der Waals surface area contributed by atoms with Crippen molar-refractivity contribution in [1.82, 2.24) is 14.6 Å². The van der Waals surface area contributed by atoms with Gasteiger partial charge in [-0.15, -0.1) is 0 Å². The van der Waals surface area contributed by atoms with Crippen LogP contribution in [0.5, 0.6) is 0 Å². The number of rotatable bonds is 28. The van der Waals surface area contributed by atoms with E-state index in [0.717, 1.165) is 6.42 Å². The van der Waals surface area contributed by atoms with Crippen molar-refractivity contribution in [3.8, 4) is 6.26 Å². The molecule has 0 aromatic carbocycles. The van der Waals surface area contributed by atoms with Gasteiger partial charge in [0.05, 0.1) is 18.9 Å². The van der Waals surface area contributed by atoms with Gasteiger partial charge in [-0.2, -0.15) is 10.4 Å². The SMILES string of the molecule is CCCCCCCCCCCCCCCCOCCCCOP(=O)(O)OC[C@@H](OC#N)[C@@H](O)[C@@H](O)c1ccc2c(N)ncnn12. The first-order chi connectivity index (χ1) is 21.8. The van der Waals surface area contributed by atoms with Gasteiger partial charge in [-0.1, -0.05) is 90.4 Å². The number of aliphatic hydroxyl groups is 2. The number of hydrogen-bond donors (Lipinski definition) is 4. The standard InChI is InChI=1S/C31H54N5O8P/c1-2-3-4-5-6-7-8-9-10-11-12-13-14-15-20-41-21-16-17-22-43-45(39,40)44-23-28(42-24-32)30(38)29(37)26-18-19-27-31(33)34-25-35-36(26)27/h18-19,25,28-30,37-38H,2-17,20-23H2,1H3,(H,39,40)(H2,33,34,35)/t28-,29+,30-/m1/s1. The van der Waals surface area contributed by atoms with E-state index in [9.17, 15) is 19.7 Å². The van der Waals surface area contributed by atoms with Gasteiger partial charge < -0.3 is 30.3 Å². The van der Waals surface area contributed by atoms with Crippen molar-refractivity contribution in [1.29, 1.82) is 5.26 Å². The van der Waals surface area contributed by atoms with Crippen molar-refractivity contribution in [3.05, 3.63) is 24.2 Å². The minimum atomic E-state index is -4.50. The summed E-state index contributed by atoms with van der Waals surface area (Å²) in [6.45, 7) is 2.76. The fraction of sp³-hybridized carbons (Fsp3) is 0.774. The number of nitriles is 1. The number of ether oxygens (including phenoxy) is 2. The van der Waals surface area contributed by atoms with Crippen LogP contribution in [0.25, 0.3) is 5.52 Å². The molecule has 4 atom stereocenters. The number of unbranched alkanes of at least 4 members (excludes halogenated alkanes) is 14. The maximum atomic E-state index is 12.3. The lowest BCUT2D eigenvalue weighted by Crippen LogP contribution is -2.37. The summed E-state index contributed by atoms with van der Waals surface area (Å²) in [5.41, 5.74) is 6.34. The zero-order chi connectivity index (χ0) is 32.8. The van der Waals surface area contributed by atoms with E-state index in [4.69, 9.17) is 29.5 Å². The Morgan fingerprint density at radius 3 is 2.04 bits per heavy atom. The normalized spacial score (nSPS) is 15.0. The molecule has 0 aliphatic rings. The Hall–Kier alpha value is -2.30. The number of hydrogen-bond acceptors (Lipinski definition) is 11. The molecule has 0 radical (unpaired) electrons. The molecule has 0 fully saturated rings. The predicted molar refractivity (Wildman–Crippen MR) is 171 cm³/mol. The van der Waals surface area contributed by atoms with Gasteiger partial charge in [-0.25, -0.2) is 14.1 Å². The molecule has 2 rings (SSSR count). The van der Waals surface area contributed by atoms with Gasteiger partial charge >= 0.3 is 7.82 Å². The number of phosphoric ester groups is 1. The number of anilines is 1. The van der Waals surface area contributed by atoms with Crippen LogP contribution in [0.1, 0.15) is 121 Å². The zero-order valence-corrected chi connectivity index (χ0v) is 27.7. The first-order valence-corrected chi connectivity index (χ1v) is 18.0. The van der Waals surface area contributed by atoms with Crippen LogP contribution in [0.2, 0.25) is 0 Å². The Morgan fingerprint density at radius 2 is 1.44 bits per heavy atom. The highest BCUT2D eigenvalue weighted by Gasteiger charge is 2.34. The number of nitrogens with two attached hydrogens (primary N) is 1. The van der Waals surface area contributed by atoms with Crippen LogP contribution < -0.4 is 5.73 Å². The molecule has 0 saturated heterocycles. The summed E-state index contributed by atoms with van der Waals surface area (Å²) in [7, 11) is -4.50. The first-order valence-electron chi connectivity index (χ1n) is 16.5. The Balaban J connectivity index is 1.50. The summed E-state index contributed by atoms with van der Waals surface area (Å²) < 4.78 is 34.0. The minimum Gasteiger partial charge on any atom is -0.419 e. The smallest absolute Gasteiger partial charge is 0.419 e. The van der Waals surface area contributed by atoms with E-state index in [0.29, 0.717) is 31.6 Å². The van der Waals surface area contributed by atoms with Crippen LogP contribution in [0.4, 0.5) is 5.82 Å². The average Bonchev–Trinajstić information content (AvgIpc) is 3.47. The summed E-state index contributed by atoms with van der Waals surface area (Å²) in [5, 5.41) is 34.3. The molecular formula is C31H54N5O8P. The van der Waals surface area contributed by atoms with Crippen LogP contribution in [-0.2, 0) is 23.1 Å². The topological polar surface area (TPSA) is 195 Å². The van der Waals surface area contributed by atoms with Crippen molar-refractivity contribution in [2.45, 2.75) is 128 Å². The van der Waals surface area contributed by atoms with Crippen molar-refractivity contribution in [3.63, 3.8) is 0 Å². The van der Waals surface area contributed by atoms with E-state index in [2.05, 4.69) is 17.0 Å². The van der Waals surface area contributed by atoms with E-state index in [-0.39, 0.29) is 18.1 Å². The highest BCUT2D eigenvalue weighted by atomic mass is 31.2. The third-order valence-electron chi connectivity index (χ3n) is 7.70. The van der Waals surface area contributed by atoms with Gasteiger partial charge in [0.25, 0.3) is 6.26 Å². The van der Waals surface area contributed by atoms with Crippen molar-refractivity contribution < 1.29 is 38.2 Å². The lowest BCUT2D eigenvalue weighted by Gasteiger charge is -2.25. The lowest BCUT2D eigenvalue weighted by molar-refractivity contribution is -0.0795. The molecule has 0 bridgehead atoms. The number of fused-ring (bicyclic) bond motifs is 1. The third kappa shape index (κ3) is 15.7. The summed E-state index contributed by atoms with van der Waals surface area (Å²) in [5.74, 6) is 0.168. The molecule has 14 heteroatoms. The molecule has 2 aromatic rings. The van der Waals surface area contributed by atoms with Crippen LogP contribution in [0.3, 0.4) is 0 Å². The molecule has 0 spiro atoms. The second-order valence-corrected chi connectivity index (χ2v) is 12.9. The first kappa shape index (κ1) is 38.9. The summed E-state index contributed by atoms with van der Waals surface area (Å²) in [4.78, 5) is 13.9. The molecule has 13 nitrogen and oxygen atoms in total. The molecule has 1 unspecified atom stereocenters. The Morgan fingerprint density at radius 1 is 0.889 bits per heavy atom. The highest BCUT2D eigenvalue weighted by Crippen LogP contribution is 2.43. The lowest BCUT2D eigenvalue weighted by atomic mass is 10.0. The molecular weight excluding hydrogens is 601 g/mol. The Kier molecular flexibility index (Phi) is 19.9. The van der Waals surface area contributed by atoms with Gasteiger partial charge in [-0.3, -0.25) is 9.05 Å². The fourth-order valence-corrected chi connectivity index (χ4v) is 5.81. The maximum absolute atomic E-state index is 12.3. The van der Waals surface area contributed by atoms with Gasteiger partial charge in [0.1, 0.15) is 24.1 Å². The number of nitrogen functional groups attached to an aromatic ring is 1. The minimum absolute atomic E-state index is 0.0395. The third-order valence-corrected chi connectivity index (χ3v) is 8.69. The number of aromatic nitrogens is 3. The molecule has 0 saturated carbocycles. The van der Waals surface area contributed by atoms with Crippen LogP contribution in [0, 0.1) is 11.5 Å². The summed E-state index contributed by atoms with van der Waals surface area (Å²) in [6, 6.07) is 3.03. The van der Waals surface area contributed by atoms with E-state index in [1.807, 2.05) is 0 Å². The molecule has 2 heterocycles. The highest BCUT2D eigenvalue weighted by molar-refractivity contribution is 7.47. The largest absolute Gasteiger partial charge is 0.472 e. The van der Waals surface area contributed by atoms with Gasteiger partial charge in [-0.05, 0) is 31.4 Å².